The molecule has 0 spiro atoms. The van der Waals surface area contributed by atoms with Crippen LogP contribution in [-0.4, -0.2) is 32.9 Å². The number of pyridine rings is 1. The summed E-state index contributed by atoms with van der Waals surface area (Å²) in [6, 6.07) is 57.0. The van der Waals surface area contributed by atoms with Crippen molar-refractivity contribution in [2.45, 2.75) is 32.8 Å². The van der Waals surface area contributed by atoms with Crippen LogP contribution in [0.5, 0.6) is 46.0 Å². The summed E-state index contributed by atoms with van der Waals surface area (Å²) < 4.78 is 86.8. The molecule has 10 rings (SSSR count). The van der Waals surface area contributed by atoms with Crippen molar-refractivity contribution in [2.75, 3.05) is 0 Å². The highest BCUT2D eigenvalue weighted by atomic mass is 35.5. The van der Waals surface area contributed by atoms with Crippen LogP contribution in [0.4, 0.5) is 0 Å². The molecule has 0 aliphatic carbocycles. The van der Waals surface area contributed by atoms with E-state index in [9.17, 15) is 26.7 Å². The van der Waals surface area contributed by atoms with Crippen molar-refractivity contribution in [3.8, 4) is 46.0 Å². The van der Waals surface area contributed by atoms with E-state index in [1.54, 1.807) is 127 Å². The van der Waals surface area contributed by atoms with Crippen molar-refractivity contribution in [3.63, 3.8) is 0 Å². The lowest BCUT2D eigenvalue weighted by atomic mass is 10.1. The first-order chi connectivity index (χ1) is 36.8. The molecule has 0 aliphatic rings. The number of carbonyl (C=O) groups is 1. The van der Waals surface area contributed by atoms with Gasteiger partial charge in [-0.2, -0.15) is 0 Å². The topological polar surface area (TPSA) is 165 Å². The molecule has 10 aromatic rings. The normalized spacial score (nSPS) is 11.7. The molecule has 0 amide bonds. The molecule has 0 saturated carbocycles. The van der Waals surface area contributed by atoms with Crippen LogP contribution in [0.1, 0.15) is 21.6 Å². The summed E-state index contributed by atoms with van der Waals surface area (Å²) >= 11 is 7.50. The average molecular weight is 1080 g/mol. The number of hydrogen-bond donors (Lipinski definition) is 1. The molecule has 2 aromatic heterocycles. The summed E-state index contributed by atoms with van der Waals surface area (Å²) in [4.78, 5) is 17.6. The quantitative estimate of drug-likeness (QED) is 0.0763. The molecule has 0 radical (unpaired) electrons. The Morgan fingerprint density at radius 3 is 1.38 bits per heavy atom. The van der Waals surface area contributed by atoms with E-state index in [1.807, 2.05) is 36.4 Å². The fraction of sp³-hybridized carbons (Fsp3) is 0.0333. The molecule has 12 nitrogen and oxygen atoms in total. The maximum absolute atomic E-state index is 13.7. The number of carboxylic acids is 1. The lowest BCUT2D eigenvalue weighted by molar-refractivity contribution is -0.130. The Labute approximate surface area is 447 Å². The Hall–Kier alpha value is -8.73. The second-order valence-electron chi connectivity index (χ2n) is 16.9. The molecule has 0 aliphatic heterocycles. The summed E-state index contributed by atoms with van der Waals surface area (Å²) in [5, 5.41) is 11.5. The van der Waals surface area contributed by atoms with Gasteiger partial charge in [0, 0.05) is 33.6 Å². The highest BCUT2D eigenvalue weighted by molar-refractivity contribution is 7.91. The fourth-order valence-electron chi connectivity index (χ4n) is 7.83. The minimum Gasteiger partial charge on any atom is -0.485 e. The highest BCUT2D eigenvalue weighted by Gasteiger charge is 2.23. The molecule has 0 unspecified atom stereocenters. The van der Waals surface area contributed by atoms with Gasteiger partial charge in [0.15, 0.2) is 17.2 Å². The minimum atomic E-state index is -3.90. The second kappa shape index (κ2) is 22.4. The van der Waals surface area contributed by atoms with Gasteiger partial charge in [-0.1, -0.05) is 72.3 Å². The van der Waals surface area contributed by atoms with Crippen LogP contribution in [0.2, 0.25) is 5.02 Å². The maximum Gasteiger partial charge on any atom is 0.336 e. The minimum absolute atomic E-state index is 0.00182. The first-order valence-corrected chi connectivity index (χ1v) is 27.5. The average Bonchev–Trinajstić information content (AvgIpc) is 3.77. The van der Waals surface area contributed by atoms with Crippen molar-refractivity contribution in [1.29, 1.82) is 0 Å². The summed E-state index contributed by atoms with van der Waals surface area (Å²) in [5.74, 6) is 2.44. The number of hydrogen-bond acceptors (Lipinski definition) is 12. The number of para-hydroxylation sites is 2. The summed E-state index contributed by atoms with van der Waals surface area (Å²) in [6.45, 7) is -0.0216. The van der Waals surface area contributed by atoms with Crippen LogP contribution < -0.4 is 23.7 Å². The largest absolute Gasteiger partial charge is 0.485 e. The van der Waals surface area contributed by atoms with E-state index in [0.717, 1.165) is 0 Å². The van der Waals surface area contributed by atoms with Crippen LogP contribution in [0, 0.1) is 0 Å². The number of rotatable bonds is 19. The van der Waals surface area contributed by atoms with E-state index in [4.69, 9.17) is 35.3 Å². The first kappa shape index (κ1) is 50.8. The fourth-order valence-corrected chi connectivity index (χ4v) is 11.6. The van der Waals surface area contributed by atoms with E-state index < -0.39 is 25.6 Å². The van der Waals surface area contributed by atoms with Gasteiger partial charge in [0.25, 0.3) is 0 Å². The Morgan fingerprint density at radius 2 is 0.921 bits per heavy atom. The van der Waals surface area contributed by atoms with Gasteiger partial charge < -0.3 is 28.8 Å². The number of fused-ring (bicyclic) bond motifs is 1. The highest BCUT2D eigenvalue weighted by Crippen LogP contribution is 2.47. The third-order valence-corrected chi connectivity index (χ3v) is 16.7. The number of nitrogens with zero attached hydrogens (tertiary/aromatic N) is 1. The second-order valence-corrected chi connectivity index (χ2v) is 22.3. The number of halogens is 1. The van der Waals surface area contributed by atoms with Gasteiger partial charge in [-0.15, -0.1) is 11.3 Å². The third kappa shape index (κ3) is 11.8. The molecule has 8 aromatic carbocycles. The van der Waals surface area contributed by atoms with E-state index >= 15 is 0 Å². The number of carboxylic acid groups (broad SMARTS) is 1. The molecular formula is C60H42ClNO11S3. The number of aliphatic carboxylic acids is 1. The Balaban J connectivity index is 0.943. The number of aromatic nitrogens is 1. The summed E-state index contributed by atoms with van der Waals surface area (Å²) in [6.07, 6.45) is 4.56. The molecule has 16 heteroatoms. The standard InChI is InChI=1S/C60H42ClNO11S3/c61-43-15-17-48(18-16-43)73-59-54-35-55(69-38-40-11-23-49(24-12-40)75(65,66)51-27-19-46(20-28-51)71-44-7-3-1-4-8-44)56(37-57(54)74-58(59)36-53(60(63)64)42-31-33-62-34-32-42)70-39-41-13-25-50(26-14-41)76(67,68)52-29-21-47(22-30-52)72-45-9-5-2-6-10-45/h1-37H,38-39H2,(H,63,64)/b53-36+. The van der Waals surface area contributed by atoms with Crippen LogP contribution in [0.3, 0.4) is 0 Å². The van der Waals surface area contributed by atoms with Gasteiger partial charge in [-0.25, -0.2) is 21.6 Å². The molecule has 1 N–H and O–H groups in total. The third-order valence-electron chi connectivity index (χ3n) is 11.7. The van der Waals surface area contributed by atoms with Gasteiger partial charge in [-0.3, -0.25) is 4.98 Å². The molecule has 378 valence electrons. The van der Waals surface area contributed by atoms with E-state index in [0.29, 0.717) is 76.9 Å². The smallest absolute Gasteiger partial charge is 0.336 e. The molecule has 76 heavy (non-hydrogen) atoms. The number of sulfone groups is 2. The van der Waals surface area contributed by atoms with Gasteiger partial charge in [-0.05, 0) is 162 Å². The van der Waals surface area contributed by atoms with Crippen LogP contribution >= 0.6 is 22.9 Å². The summed E-state index contributed by atoms with van der Waals surface area (Å²) in [7, 11) is -7.78. The van der Waals surface area contributed by atoms with Crippen LogP contribution in [0.25, 0.3) is 21.7 Å². The van der Waals surface area contributed by atoms with E-state index in [1.165, 1.54) is 72.3 Å². The zero-order valence-electron chi connectivity index (χ0n) is 39.9. The van der Waals surface area contributed by atoms with Crippen molar-refractivity contribution >= 4 is 70.3 Å². The van der Waals surface area contributed by atoms with Crippen LogP contribution in [0.15, 0.2) is 238 Å². The van der Waals surface area contributed by atoms with Gasteiger partial charge in [0.2, 0.25) is 19.7 Å². The monoisotopic (exact) mass is 1080 g/mol. The molecule has 0 bridgehead atoms. The molecule has 0 fully saturated rings. The number of ether oxygens (including phenoxy) is 5. The lowest BCUT2D eigenvalue weighted by Gasteiger charge is -2.15. The molecule has 0 atom stereocenters. The van der Waals surface area contributed by atoms with Crippen LogP contribution in [-0.2, 0) is 37.7 Å². The summed E-state index contributed by atoms with van der Waals surface area (Å²) in [5.41, 5.74) is 1.72. The molecular weight excluding hydrogens is 1040 g/mol. The maximum atomic E-state index is 13.7. The number of thiophene rings is 1. The Kier molecular flexibility index (Phi) is 15.0. The first-order valence-electron chi connectivity index (χ1n) is 23.3. The van der Waals surface area contributed by atoms with Gasteiger partial charge >= 0.3 is 5.97 Å². The van der Waals surface area contributed by atoms with Crippen molar-refractivity contribution < 1.29 is 50.4 Å². The van der Waals surface area contributed by atoms with Crippen molar-refractivity contribution in [3.05, 3.63) is 245 Å². The predicted octanol–water partition coefficient (Wildman–Crippen LogP) is 14.8. The van der Waals surface area contributed by atoms with Crippen molar-refractivity contribution in [2.24, 2.45) is 0 Å². The lowest BCUT2D eigenvalue weighted by Crippen LogP contribution is -2.04. The zero-order chi connectivity index (χ0) is 52.7. The predicted molar refractivity (Wildman–Crippen MR) is 291 cm³/mol. The number of benzene rings is 8. The Morgan fingerprint density at radius 1 is 0.513 bits per heavy atom. The molecule has 2 heterocycles. The van der Waals surface area contributed by atoms with E-state index in [2.05, 4.69) is 4.98 Å². The van der Waals surface area contributed by atoms with Crippen molar-refractivity contribution in [1.82, 2.24) is 4.98 Å². The Bertz CT molecular complexity index is 3920. The van der Waals surface area contributed by atoms with Gasteiger partial charge in [0.1, 0.15) is 42.0 Å². The van der Waals surface area contributed by atoms with E-state index in [-0.39, 0.29) is 44.1 Å². The molecule has 0 saturated heterocycles. The SMILES string of the molecule is O=C(O)/C(=C/c1sc2cc(OCc3ccc(S(=O)(=O)c4ccc(Oc5ccccc5)cc4)cc3)c(OCc3ccc(S(=O)(=O)c4ccc(Oc5ccccc5)cc4)cc3)cc2c1Oc1ccc(Cl)cc1)c1ccncc1. The zero-order valence-corrected chi connectivity index (χ0v) is 43.1. The van der Waals surface area contributed by atoms with Gasteiger partial charge in [0.05, 0.1) is 30.0 Å².